The molecule has 0 radical (unpaired) electrons. The maximum Gasteiger partial charge on any atom is 0.188 e. The van der Waals surface area contributed by atoms with Gasteiger partial charge in [0, 0.05) is 25.8 Å². The Kier molecular flexibility index (Phi) is 6.21. The Morgan fingerprint density at radius 3 is 2.48 bits per heavy atom. The fraction of sp³-hybridized carbons (Fsp3) is 0.267. The van der Waals surface area contributed by atoms with Gasteiger partial charge >= 0.3 is 0 Å². The molecule has 0 unspecified atom stereocenters. The minimum atomic E-state index is 0.156. The zero-order valence-corrected chi connectivity index (χ0v) is 12.8. The van der Waals surface area contributed by atoms with Crippen LogP contribution in [0.2, 0.25) is 0 Å². The third kappa shape index (κ3) is 4.86. The molecule has 0 saturated carbocycles. The van der Waals surface area contributed by atoms with Gasteiger partial charge in [0.1, 0.15) is 5.01 Å². The molecule has 0 amide bonds. The van der Waals surface area contributed by atoms with E-state index in [9.17, 15) is 0 Å². The Bertz CT molecular complexity index is 569. The molecule has 0 aliphatic carbocycles. The maximum absolute atomic E-state index is 5.51. The summed E-state index contributed by atoms with van der Waals surface area (Å²) < 4.78 is 20.8. The van der Waals surface area contributed by atoms with Gasteiger partial charge in [-0.05, 0) is 23.8 Å². The summed E-state index contributed by atoms with van der Waals surface area (Å²) in [6.45, 7) is 0.320. The number of benzene rings is 1. The first-order chi connectivity index (χ1) is 10.3. The largest absolute Gasteiger partial charge is 0.464 e. The highest BCUT2D eigenvalue weighted by molar-refractivity contribution is 7.10. The Balaban J connectivity index is 2.15. The molecular weight excluding hydrogens is 290 g/mol. The molecule has 0 N–H and O–H groups in total. The molecule has 5 nitrogen and oxygen atoms in total. The zero-order valence-electron chi connectivity index (χ0n) is 11.9. The van der Waals surface area contributed by atoms with Crippen molar-refractivity contribution in [3.8, 4) is 11.5 Å². The first kappa shape index (κ1) is 15.5. The molecule has 2 aromatic rings. The highest BCUT2D eigenvalue weighted by atomic mass is 32.1. The average Bonchev–Trinajstić information content (AvgIpc) is 3.03. The summed E-state index contributed by atoms with van der Waals surface area (Å²) in [5, 5.41) is 2.89. The van der Waals surface area contributed by atoms with Crippen LogP contribution in [0.15, 0.2) is 29.8 Å². The van der Waals surface area contributed by atoms with Gasteiger partial charge in [0.25, 0.3) is 0 Å². The lowest BCUT2D eigenvalue weighted by molar-refractivity contribution is 0.0322. The van der Waals surface area contributed by atoms with Gasteiger partial charge < -0.3 is 18.9 Å². The van der Waals surface area contributed by atoms with E-state index in [1.54, 1.807) is 31.8 Å². The van der Waals surface area contributed by atoms with Crippen molar-refractivity contribution in [1.29, 1.82) is 0 Å². The highest BCUT2D eigenvalue weighted by Gasteiger charge is 2.06. The molecule has 2 rings (SSSR count). The topological polar surface area (TPSA) is 49.8 Å². The number of rotatable bonds is 8. The predicted molar refractivity (Wildman–Crippen MR) is 82.5 cm³/mol. The maximum atomic E-state index is 5.51. The Morgan fingerprint density at radius 1 is 1.05 bits per heavy atom. The third-order valence-electron chi connectivity index (χ3n) is 2.50. The molecule has 0 aliphatic rings. The van der Waals surface area contributed by atoms with Gasteiger partial charge in [-0.1, -0.05) is 12.1 Å². The molecule has 0 atom stereocenters. The third-order valence-corrected chi connectivity index (χ3v) is 3.24. The van der Waals surface area contributed by atoms with Crippen LogP contribution in [0.3, 0.4) is 0 Å². The SMILES string of the molecule is COCOc1ccc(C=Cc2nccs2)cc1OCOC. The van der Waals surface area contributed by atoms with Crippen molar-refractivity contribution >= 4 is 23.5 Å². The molecule has 0 bridgehead atoms. The minimum Gasteiger partial charge on any atom is -0.464 e. The van der Waals surface area contributed by atoms with E-state index in [1.165, 1.54) is 0 Å². The van der Waals surface area contributed by atoms with Gasteiger partial charge in [-0.25, -0.2) is 4.98 Å². The Labute approximate surface area is 127 Å². The molecule has 0 spiro atoms. The van der Waals surface area contributed by atoms with E-state index in [4.69, 9.17) is 18.9 Å². The number of nitrogens with zero attached hydrogens (tertiary/aromatic N) is 1. The molecule has 1 heterocycles. The lowest BCUT2D eigenvalue weighted by Crippen LogP contribution is -2.04. The molecule has 0 saturated heterocycles. The molecule has 21 heavy (non-hydrogen) atoms. The molecule has 112 valence electrons. The van der Waals surface area contributed by atoms with Crippen molar-refractivity contribution in [2.45, 2.75) is 0 Å². The number of methoxy groups -OCH3 is 2. The van der Waals surface area contributed by atoms with E-state index in [-0.39, 0.29) is 13.6 Å². The molecule has 1 aromatic heterocycles. The number of ether oxygens (including phenoxy) is 4. The average molecular weight is 307 g/mol. The molecule has 0 fully saturated rings. The summed E-state index contributed by atoms with van der Waals surface area (Å²) in [6, 6.07) is 5.66. The van der Waals surface area contributed by atoms with Crippen LogP contribution in [0.25, 0.3) is 12.2 Å². The number of thiazole rings is 1. The summed E-state index contributed by atoms with van der Waals surface area (Å²) in [4.78, 5) is 4.20. The molecular formula is C15H17NO4S. The molecule has 0 aliphatic heterocycles. The second-order valence-electron chi connectivity index (χ2n) is 4.01. The fourth-order valence-electron chi connectivity index (χ4n) is 1.59. The van der Waals surface area contributed by atoms with Crippen molar-refractivity contribution in [2.24, 2.45) is 0 Å². The monoisotopic (exact) mass is 307 g/mol. The number of hydrogen-bond donors (Lipinski definition) is 0. The zero-order chi connectivity index (χ0) is 14.9. The van der Waals surface area contributed by atoms with Gasteiger partial charge in [0.15, 0.2) is 25.1 Å². The fourth-order valence-corrected chi connectivity index (χ4v) is 2.12. The van der Waals surface area contributed by atoms with Crippen molar-refractivity contribution in [2.75, 3.05) is 27.8 Å². The van der Waals surface area contributed by atoms with E-state index in [0.717, 1.165) is 10.6 Å². The summed E-state index contributed by atoms with van der Waals surface area (Å²) in [7, 11) is 3.14. The van der Waals surface area contributed by atoms with Gasteiger partial charge in [0.05, 0.1) is 0 Å². The van der Waals surface area contributed by atoms with E-state index in [1.807, 2.05) is 35.7 Å². The summed E-state index contributed by atoms with van der Waals surface area (Å²) in [6.07, 6.45) is 5.70. The smallest absolute Gasteiger partial charge is 0.188 e. The van der Waals surface area contributed by atoms with E-state index in [2.05, 4.69) is 4.98 Å². The Morgan fingerprint density at radius 2 is 1.81 bits per heavy atom. The summed E-state index contributed by atoms with van der Waals surface area (Å²) in [5.41, 5.74) is 0.987. The van der Waals surface area contributed by atoms with Gasteiger partial charge in [-0.2, -0.15) is 0 Å². The van der Waals surface area contributed by atoms with Crippen LogP contribution < -0.4 is 9.47 Å². The summed E-state index contributed by atoms with van der Waals surface area (Å²) in [5.74, 6) is 1.22. The lowest BCUT2D eigenvalue weighted by atomic mass is 10.2. The van der Waals surface area contributed by atoms with Gasteiger partial charge in [-0.15, -0.1) is 11.3 Å². The summed E-state index contributed by atoms with van der Waals surface area (Å²) >= 11 is 1.58. The van der Waals surface area contributed by atoms with Crippen molar-refractivity contribution < 1.29 is 18.9 Å². The van der Waals surface area contributed by atoms with Crippen molar-refractivity contribution in [3.63, 3.8) is 0 Å². The highest BCUT2D eigenvalue weighted by Crippen LogP contribution is 2.29. The molecule has 6 heteroatoms. The second-order valence-corrected chi connectivity index (χ2v) is 4.94. The van der Waals surface area contributed by atoms with E-state index >= 15 is 0 Å². The standard InChI is InChI=1S/C15H17NO4S/c1-17-10-19-13-5-3-12(9-14(13)20-11-18-2)4-6-15-16-7-8-21-15/h3-9H,10-11H2,1-2H3. The van der Waals surface area contributed by atoms with Gasteiger partial charge in [-0.3, -0.25) is 0 Å². The van der Waals surface area contributed by atoms with Crippen LogP contribution >= 0.6 is 11.3 Å². The van der Waals surface area contributed by atoms with Crippen molar-refractivity contribution in [3.05, 3.63) is 40.3 Å². The first-order valence-corrected chi connectivity index (χ1v) is 7.16. The first-order valence-electron chi connectivity index (χ1n) is 6.28. The number of hydrogen-bond acceptors (Lipinski definition) is 6. The van der Waals surface area contributed by atoms with Crippen molar-refractivity contribution in [1.82, 2.24) is 4.98 Å². The normalized spacial score (nSPS) is 11.0. The van der Waals surface area contributed by atoms with Crippen LogP contribution in [0.5, 0.6) is 11.5 Å². The Hall–Kier alpha value is -1.89. The number of aromatic nitrogens is 1. The van der Waals surface area contributed by atoms with E-state index < -0.39 is 0 Å². The van der Waals surface area contributed by atoms with Crippen LogP contribution in [0, 0.1) is 0 Å². The van der Waals surface area contributed by atoms with Crippen LogP contribution in [0.4, 0.5) is 0 Å². The molecule has 1 aromatic carbocycles. The lowest BCUT2D eigenvalue weighted by Gasteiger charge is -2.12. The van der Waals surface area contributed by atoms with Crippen LogP contribution in [-0.2, 0) is 9.47 Å². The van der Waals surface area contributed by atoms with Crippen LogP contribution in [-0.4, -0.2) is 32.8 Å². The minimum absolute atomic E-state index is 0.156. The second kappa shape index (κ2) is 8.41. The predicted octanol–water partition coefficient (Wildman–Crippen LogP) is 3.28. The van der Waals surface area contributed by atoms with Gasteiger partial charge in [0.2, 0.25) is 0 Å². The van der Waals surface area contributed by atoms with Crippen LogP contribution in [0.1, 0.15) is 10.6 Å². The van der Waals surface area contributed by atoms with E-state index in [0.29, 0.717) is 11.5 Å². The quantitative estimate of drug-likeness (QED) is 0.701.